The zero-order valence-electron chi connectivity index (χ0n) is 20.8. The first-order chi connectivity index (χ1) is 16.9. The number of rotatable bonds is 7. The van der Waals surface area contributed by atoms with Gasteiger partial charge in [0.05, 0.1) is 17.9 Å². The Kier molecular flexibility index (Phi) is 9.06. The summed E-state index contributed by atoms with van der Waals surface area (Å²) in [5.41, 5.74) is 5.13. The van der Waals surface area contributed by atoms with Gasteiger partial charge in [0, 0.05) is 56.0 Å². The number of carboxylic acid groups (broad SMARTS) is 1. The number of aromatic nitrogens is 2. The Morgan fingerprint density at radius 3 is 2.49 bits per heavy atom. The van der Waals surface area contributed by atoms with Gasteiger partial charge in [-0.2, -0.15) is 0 Å². The quantitative estimate of drug-likeness (QED) is 0.376. The number of likely N-dealkylation sites (tertiary alicyclic amines) is 1. The van der Waals surface area contributed by atoms with E-state index in [1.165, 1.54) is 5.56 Å². The molecule has 3 aromatic rings. The number of hydrogen-bond donors (Lipinski definition) is 2. The average molecular weight is 499 g/mol. The van der Waals surface area contributed by atoms with Crippen molar-refractivity contribution in [3.05, 3.63) is 70.0 Å². The molecule has 1 aliphatic heterocycles. The van der Waals surface area contributed by atoms with Crippen LogP contribution in [0.4, 0.5) is 5.13 Å². The molecule has 8 nitrogen and oxygen atoms in total. The summed E-state index contributed by atoms with van der Waals surface area (Å²) in [6.07, 6.45) is 1.71. The van der Waals surface area contributed by atoms with Crippen LogP contribution < -0.4 is 5.32 Å². The van der Waals surface area contributed by atoms with Crippen LogP contribution in [0.15, 0.2) is 41.8 Å². The third kappa shape index (κ3) is 5.74. The van der Waals surface area contributed by atoms with Crippen LogP contribution in [0.3, 0.4) is 0 Å². The van der Waals surface area contributed by atoms with Crippen molar-refractivity contribution in [2.45, 2.75) is 32.1 Å². The maximum atomic E-state index is 13.3. The molecule has 1 saturated heterocycles. The van der Waals surface area contributed by atoms with Crippen LogP contribution in [0.5, 0.6) is 0 Å². The smallest absolute Gasteiger partial charge is 0.290 e. The summed E-state index contributed by atoms with van der Waals surface area (Å²) in [5, 5.41) is 13.3. The number of anilines is 1. The molecule has 1 aliphatic rings. The van der Waals surface area contributed by atoms with Gasteiger partial charge in [0.25, 0.3) is 12.4 Å². The van der Waals surface area contributed by atoms with Crippen LogP contribution >= 0.6 is 11.3 Å². The van der Waals surface area contributed by atoms with Crippen molar-refractivity contribution in [1.82, 2.24) is 14.5 Å². The predicted molar refractivity (Wildman–Crippen MR) is 138 cm³/mol. The molecule has 2 aromatic heterocycles. The van der Waals surface area contributed by atoms with Gasteiger partial charge >= 0.3 is 0 Å². The highest BCUT2D eigenvalue weighted by atomic mass is 32.1. The molecule has 35 heavy (non-hydrogen) atoms. The number of nitrogens with zero attached hydrogens (tertiary/aromatic N) is 3. The van der Waals surface area contributed by atoms with Gasteiger partial charge in [-0.1, -0.05) is 30.3 Å². The van der Waals surface area contributed by atoms with Crippen LogP contribution in [-0.2, 0) is 22.0 Å². The van der Waals surface area contributed by atoms with Gasteiger partial charge in [0.1, 0.15) is 0 Å². The van der Waals surface area contributed by atoms with Crippen LogP contribution in [0, 0.1) is 13.8 Å². The Morgan fingerprint density at radius 1 is 1.26 bits per heavy atom. The molecule has 9 heteroatoms. The van der Waals surface area contributed by atoms with Crippen molar-refractivity contribution in [1.29, 1.82) is 0 Å². The summed E-state index contributed by atoms with van der Waals surface area (Å²) < 4.78 is 7.22. The van der Waals surface area contributed by atoms with E-state index < -0.39 is 0 Å². The third-order valence-corrected chi connectivity index (χ3v) is 7.61. The van der Waals surface area contributed by atoms with Crippen molar-refractivity contribution in [2.24, 2.45) is 7.05 Å². The molecule has 0 bridgehead atoms. The molecule has 3 heterocycles. The summed E-state index contributed by atoms with van der Waals surface area (Å²) in [5.74, 6) is 0.132. The minimum Gasteiger partial charge on any atom is -0.483 e. The molecule has 0 unspecified atom stereocenters. The Bertz CT molecular complexity index is 1120. The van der Waals surface area contributed by atoms with Gasteiger partial charge in [-0.15, -0.1) is 11.3 Å². The van der Waals surface area contributed by atoms with Crippen LogP contribution in [0.1, 0.15) is 45.8 Å². The van der Waals surface area contributed by atoms with Crippen LogP contribution in [0.25, 0.3) is 0 Å². The van der Waals surface area contributed by atoms with E-state index in [0.717, 1.165) is 47.2 Å². The summed E-state index contributed by atoms with van der Waals surface area (Å²) in [7, 11) is 3.71. The van der Waals surface area contributed by atoms with E-state index in [1.54, 1.807) is 18.4 Å². The minimum absolute atomic E-state index is 0.132. The van der Waals surface area contributed by atoms with E-state index in [0.29, 0.717) is 19.7 Å². The normalized spacial score (nSPS) is 14.7. The first kappa shape index (κ1) is 26.4. The van der Waals surface area contributed by atoms with Crippen LogP contribution in [0.2, 0.25) is 0 Å². The number of thiazole rings is 1. The van der Waals surface area contributed by atoms with Gasteiger partial charge < -0.3 is 24.6 Å². The molecule has 2 N–H and O–H groups in total. The Labute approximate surface area is 210 Å². The van der Waals surface area contributed by atoms with E-state index in [1.807, 2.05) is 31.9 Å². The molecule has 0 aliphatic carbocycles. The molecule has 4 rings (SSSR count). The topological polar surface area (TPSA) is 96.7 Å². The first-order valence-corrected chi connectivity index (χ1v) is 12.5. The fraction of sp³-hybridized carbons (Fsp3) is 0.423. The fourth-order valence-corrected chi connectivity index (χ4v) is 5.46. The fourth-order valence-electron chi connectivity index (χ4n) is 4.62. The standard InChI is InChI=1S/C25H32N4O2S.CH2O2/c1-18-16-21(19(2)28(18)3)23(30)29-13-10-25(11-14-29,20-8-6-5-7-9-20)22-17-32-24(27-22)26-12-15-31-4;2-1-3/h5-9,16-17H,10-15H2,1-4H3,(H,26,27);1H,(H,2,3). The first-order valence-electron chi connectivity index (χ1n) is 11.6. The number of amides is 1. The molecule has 1 aromatic carbocycles. The van der Waals surface area contributed by atoms with E-state index >= 15 is 0 Å². The van der Waals surface area contributed by atoms with Crippen molar-refractivity contribution in [2.75, 3.05) is 38.7 Å². The second-order valence-electron chi connectivity index (χ2n) is 8.65. The lowest BCUT2D eigenvalue weighted by atomic mass is 9.70. The summed E-state index contributed by atoms with van der Waals surface area (Å²) in [6, 6.07) is 12.6. The summed E-state index contributed by atoms with van der Waals surface area (Å²) >= 11 is 1.64. The number of nitrogens with one attached hydrogen (secondary N) is 1. The number of ether oxygens (including phenoxy) is 1. The van der Waals surface area contributed by atoms with Crippen molar-refractivity contribution in [3.63, 3.8) is 0 Å². The second-order valence-corrected chi connectivity index (χ2v) is 9.51. The van der Waals surface area contributed by atoms with E-state index in [9.17, 15) is 4.79 Å². The molecule has 1 amide bonds. The highest BCUT2D eigenvalue weighted by Crippen LogP contribution is 2.43. The lowest BCUT2D eigenvalue weighted by Gasteiger charge is -2.41. The second kappa shape index (κ2) is 12.0. The zero-order chi connectivity index (χ0) is 25.4. The zero-order valence-corrected chi connectivity index (χ0v) is 21.6. The minimum atomic E-state index is -0.250. The summed E-state index contributed by atoms with van der Waals surface area (Å²) in [6.45, 7) is 6.62. The number of methoxy groups -OCH3 is 1. The molecule has 0 radical (unpaired) electrons. The van der Waals surface area contributed by atoms with Gasteiger partial charge in [-0.3, -0.25) is 9.59 Å². The molecule has 1 fully saturated rings. The molecule has 0 spiro atoms. The SMILES string of the molecule is COCCNc1nc(C2(c3ccccc3)CCN(C(=O)c3cc(C)n(C)c3C)CC2)cs1.O=CO. The van der Waals surface area contributed by atoms with Crippen LogP contribution in [-0.4, -0.2) is 65.3 Å². The van der Waals surface area contributed by atoms with Crippen molar-refractivity contribution < 1.29 is 19.4 Å². The maximum Gasteiger partial charge on any atom is 0.290 e. The lowest BCUT2D eigenvalue weighted by molar-refractivity contribution is -0.122. The lowest BCUT2D eigenvalue weighted by Crippen LogP contribution is -2.46. The molecule has 0 saturated carbocycles. The molecular formula is C26H34N4O4S. The molecule has 0 atom stereocenters. The van der Waals surface area contributed by atoms with Gasteiger partial charge in [-0.05, 0) is 38.3 Å². The third-order valence-electron chi connectivity index (χ3n) is 6.81. The van der Waals surface area contributed by atoms with Crippen molar-refractivity contribution >= 4 is 28.8 Å². The highest BCUT2D eigenvalue weighted by molar-refractivity contribution is 7.13. The number of aryl methyl sites for hydroxylation is 1. The van der Waals surface area contributed by atoms with E-state index in [4.69, 9.17) is 19.6 Å². The van der Waals surface area contributed by atoms with Crippen molar-refractivity contribution in [3.8, 4) is 0 Å². The van der Waals surface area contributed by atoms with Gasteiger partial charge in [0.2, 0.25) is 0 Å². The summed E-state index contributed by atoms with van der Waals surface area (Å²) in [4.78, 5) is 28.6. The van der Waals surface area contributed by atoms with E-state index in [-0.39, 0.29) is 17.8 Å². The monoisotopic (exact) mass is 498 g/mol. The Balaban J connectivity index is 0.00000108. The van der Waals surface area contributed by atoms with Gasteiger partial charge in [-0.25, -0.2) is 4.98 Å². The molecule has 188 valence electrons. The number of piperidine rings is 1. The predicted octanol–water partition coefficient (Wildman–Crippen LogP) is 4.08. The average Bonchev–Trinajstić information content (AvgIpc) is 3.46. The highest BCUT2D eigenvalue weighted by Gasteiger charge is 2.41. The number of carbonyl (C=O) groups excluding carboxylic acids is 1. The van der Waals surface area contributed by atoms with E-state index in [2.05, 4.69) is 45.6 Å². The van der Waals surface area contributed by atoms with Gasteiger partial charge in [0.15, 0.2) is 5.13 Å². The Hall–Kier alpha value is -3.17. The number of hydrogen-bond acceptors (Lipinski definition) is 6. The number of carbonyl (C=O) groups is 2. The largest absolute Gasteiger partial charge is 0.483 e. The molecular weight excluding hydrogens is 464 g/mol. The maximum absolute atomic E-state index is 13.3. The number of benzene rings is 1. The Morgan fingerprint density at radius 2 is 1.91 bits per heavy atom.